The molecule has 1 aromatic carbocycles. The number of hydrogen-bond donors (Lipinski definition) is 0. The van der Waals surface area contributed by atoms with E-state index in [-0.39, 0.29) is 11.6 Å². The van der Waals surface area contributed by atoms with E-state index in [1.165, 1.54) is 12.3 Å². The summed E-state index contributed by atoms with van der Waals surface area (Å²) < 4.78 is 18.8. The number of rotatable bonds is 5. The van der Waals surface area contributed by atoms with Gasteiger partial charge in [0, 0.05) is 42.1 Å². The lowest BCUT2D eigenvalue weighted by molar-refractivity contribution is -0.120. The number of morpholine rings is 1. The Bertz CT molecular complexity index is 971. The fraction of sp³-hybridized carbons (Fsp3) is 0.286. The first-order valence-corrected chi connectivity index (χ1v) is 8.99. The number of benzene rings is 1. The first-order chi connectivity index (χ1) is 13.2. The van der Waals surface area contributed by atoms with E-state index in [1.807, 2.05) is 24.3 Å². The molecule has 0 amide bonds. The van der Waals surface area contributed by atoms with E-state index in [2.05, 4.69) is 14.9 Å². The Hall–Kier alpha value is -2.70. The van der Waals surface area contributed by atoms with E-state index in [9.17, 15) is 9.18 Å². The van der Waals surface area contributed by atoms with E-state index < -0.39 is 0 Å². The molecule has 3 aromatic rings. The van der Waals surface area contributed by atoms with Gasteiger partial charge in [0.15, 0.2) is 5.78 Å². The number of pyridine rings is 2. The third-order valence-electron chi connectivity index (χ3n) is 4.70. The number of halogens is 1. The Labute approximate surface area is 156 Å². The van der Waals surface area contributed by atoms with Gasteiger partial charge >= 0.3 is 0 Å². The molecule has 0 atom stereocenters. The van der Waals surface area contributed by atoms with Crippen molar-refractivity contribution >= 4 is 16.6 Å². The topological polar surface area (TPSA) is 55.3 Å². The maximum absolute atomic E-state index is 13.4. The molecule has 4 rings (SSSR count). The molecule has 27 heavy (non-hydrogen) atoms. The predicted molar refractivity (Wildman–Crippen MR) is 101 cm³/mol. The maximum atomic E-state index is 13.4. The minimum Gasteiger partial charge on any atom is -0.379 e. The Kier molecular flexibility index (Phi) is 5.18. The lowest BCUT2D eigenvalue weighted by Crippen LogP contribution is -2.39. The number of ether oxygens (including phenoxy) is 1. The van der Waals surface area contributed by atoms with Crippen LogP contribution in [0.1, 0.15) is 5.69 Å². The number of aromatic nitrogens is 2. The molecule has 0 aliphatic carbocycles. The molecule has 1 saturated heterocycles. The van der Waals surface area contributed by atoms with Gasteiger partial charge in [0.05, 0.1) is 32.4 Å². The summed E-state index contributed by atoms with van der Waals surface area (Å²) in [4.78, 5) is 22.8. The molecule has 0 N–H and O–H groups in total. The van der Waals surface area contributed by atoms with Crippen LogP contribution in [0, 0.1) is 5.82 Å². The van der Waals surface area contributed by atoms with Gasteiger partial charge < -0.3 is 4.74 Å². The van der Waals surface area contributed by atoms with Crippen LogP contribution >= 0.6 is 0 Å². The number of Topliss-reactive ketones (excluding diaryl/α,β-unsaturated/α-hetero) is 1. The van der Waals surface area contributed by atoms with Crippen LogP contribution in [0.5, 0.6) is 0 Å². The predicted octanol–water partition coefficient (Wildman–Crippen LogP) is 2.88. The Morgan fingerprint density at radius 1 is 1.04 bits per heavy atom. The van der Waals surface area contributed by atoms with Crippen LogP contribution in [0.3, 0.4) is 0 Å². The van der Waals surface area contributed by atoms with Crippen molar-refractivity contribution in [3.8, 4) is 11.1 Å². The molecule has 2 aromatic heterocycles. The number of carbonyl (C=O) groups is 1. The summed E-state index contributed by atoms with van der Waals surface area (Å²) in [6, 6.07) is 9.24. The van der Waals surface area contributed by atoms with Crippen molar-refractivity contribution < 1.29 is 13.9 Å². The molecule has 1 fully saturated rings. The Morgan fingerprint density at radius 2 is 1.89 bits per heavy atom. The standard InChI is InChI=1S/C21H20FN3O2/c22-19-8-18(11-23-13-19)15-1-2-16-12-24-20(9-17(16)7-15)10-21(26)14-25-3-5-27-6-4-25/h1-2,7-9,11-13H,3-6,10,14H2. The molecule has 0 unspecified atom stereocenters. The average Bonchev–Trinajstić information content (AvgIpc) is 2.68. The normalized spacial score (nSPS) is 15.1. The zero-order valence-corrected chi connectivity index (χ0v) is 14.9. The molecule has 0 saturated carbocycles. The van der Waals surface area contributed by atoms with Gasteiger partial charge in [-0.3, -0.25) is 19.7 Å². The minimum atomic E-state index is -0.364. The van der Waals surface area contributed by atoms with Gasteiger partial charge in [0.2, 0.25) is 0 Å². The number of hydrogen-bond acceptors (Lipinski definition) is 5. The highest BCUT2D eigenvalue weighted by Gasteiger charge is 2.15. The summed E-state index contributed by atoms with van der Waals surface area (Å²) in [5.41, 5.74) is 2.35. The van der Waals surface area contributed by atoms with Crippen LogP contribution in [0.2, 0.25) is 0 Å². The number of fused-ring (bicyclic) bond motifs is 1. The van der Waals surface area contributed by atoms with Crippen molar-refractivity contribution in [2.24, 2.45) is 0 Å². The first-order valence-electron chi connectivity index (χ1n) is 8.99. The van der Waals surface area contributed by atoms with Gasteiger partial charge in [-0.15, -0.1) is 0 Å². The number of ketones is 1. The second-order valence-corrected chi connectivity index (χ2v) is 6.73. The Balaban J connectivity index is 1.53. The average molecular weight is 365 g/mol. The molecule has 3 heterocycles. The molecule has 1 aliphatic rings. The maximum Gasteiger partial charge on any atom is 0.152 e. The molecule has 0 spiro atoms. The van der Waals surface area contributed by atoms with Crippen molar-refractivity contribution in [1.82, 2.24) is 14.9 Å². The summed E-state index contributed by atoms with van der Waals surface area (Å²) in [6.07, 6.45) is 4.91. The van der Waals surface area contributed by atoms with Gasteiger partial charge in [-0.25, -0.2) is 4.39 Å². The Morgan fingerprint density at radius 3 is 2.70 bits per heavy atom. The lowest BCUT2D eigenvalue weighted by atomic mass is 10.0. The quantitative estimate of drug-likeness (QED) is 0.696. The summed E-state index contributed by atoms with van der Waals surface area (Å²) >= 11 is 0. The van der Waals surface area contributed by atoms with E-state index in [1.54, 1.807) is 12.4 Å². The molecule has 0 bridgehead atoms. The van der Waals surface area contributed by atoms with Gasteiger partial charge in [-0.2, -0.15) is 0 Å². The highest BCUT2D eigenvalue weighted by Crippen LogP contribution is 2.24. The summed E-state index contributed by atoms with van der Waals surface area (Å²) in [5.74, 6) is -0.217. The second kappa shape index (κ2) is 7.90. The largest absolute Gasteiger partial charge is 0.379 e. The summed E-state index contributed by atoms with van der Waals surface area (Å²) in [7, 11) is 0. The van der Waals surface area contributed by atoms with E-state index in [0.29, 0.717) is 26.2 Å². The smallest absolute Gasteiger partial charge is 0.152 e. The van der Waals surface area contributed by atoms with E-state index in [4.69, 9.17) is 4.74 Å². The number of carbonyl (C=O) groups excluding carboxylic acids is 1. The van der Waals surface area contributed by atoms with E-state index in [0.717, 1.165) is 40.7 Å². The van der Waals surface area contributed by atoms with Gasteiger partial charge in [0.25, 0.3) is 0 Å². The van der Waals surface area contributed by atoms with Crippen LogP contribution in [0.25, 0.3) is 21.9 Å². The minimum absolute atomic E-state index is 0.147. The summed E-state index contributed by atoms with van der Waals surface area (Å²) in [5, 5.41) is 1.95. The SMILES string of the molecule is O=C(Cc1cc2cc(-c3cncc(F)c3)ccc2cn1)CN1CCOCC1. The van der Waals surface area contributed by atoms with Crippen molar-refractivity contribution in [2.75, 3.05) is 32.8 Å². The zero-order chi connectivity index (χ0) is 18.6. The first kappa shape index (κ1) is 17.7. The molecule has 5 nitrogen and oxygen atoms in total. The van der Waals surface area contributed by atoms with Crippen LogP contribution in [0.4, 0.5) is 4.39 Å². The monoisotopic (exact) mass is 365 g/mol. The zero-order valence-electron chi connectivity index (χ0n) is 14.9. The van der Waals surface area contributed by atoms with Crippen LogP contribution < -0.4 is 0 Å². The van der Waals surface area contributed by atoms with Crippen LogP contribution in [-0.2, 0) is 16.0 Å². The third-order valence-corrected chi connectivity index (χ3v) is 4.70. The molecule has 1 aliphatic heterocycles. The summed E-state index contributed by atoms with van der Waals surface area (Å²) in [6.45, 7) is 3.38. The third kappa shape index (κ3) is 4.35. The van der Waals surface area contributed by atoms with Crippen molar-refractivity contribution in [1.29, 1.82) is 0 Å². The van der Waals surface area contributed by atoms with Gasteiger partial charge in [-0.05, 0) is 29.1 Å². The molecule has 6 heteroatoms. The van der Waals surface area contributed by atoms with Gasteiger partial charge in [0.1, 0.15) is 5.82 Å². The second-order valence-electron chi connectivity index (χ2n) is 6.73. The fourth-order valence-corrected chi connectivity index (χ4v) is 3.30. The highest BCUT2D eigenvalue weighted by atomic mass is 19.1. The molecular formula is C21H20FN3O2. The number of nitrogens with zero attached hydrogens (tertiary/aromatic N) is 3. The van der Waals surface area contributed by atoms with Crippen molar-refractivity contribution in [3.63, 3.8) is 0 Å². The van der Waals surface area contributed by atoms with Crippen LogP contribution in [0.15, 0.2) is 48.9 Å². The highest BCUT2D eigenvalue weighted by molar-refractivity contribution is 5.88. The van der Waals surface area contributed by atoms with Crippen LogP contribution in [-0.4, -0.2) is 53.5 Å². The fourth-order valence-electron chi connectivity index (χ4n) is 3.30. The lowest BCUT2D eigenvalue weighted by Gasteiger charge is -2.25. The van der Waals surface area contributed by atoms with Crippen molar-refractivity contribution in [3.05, 3.63) is 60.4 Å². The van der Waals surface area contributed by atoms with E-state index >= 15 is 0 Å². The molecule has 138 valence electrons. The van der Waals surface area contributed by atoms with Gasteiger partial charge in [-0.1, -0.05) is 12.1 Å². The van der Waals surface area contributed by atoms with Crippen molar-refractivity contribution in [2.45, 2.75) is 6.42 Å². The molecular weight excluding hydrogens is 345 g/mol. The molecule has 0 radical (unpaired) electrons.